The molecule has 0 saturated heterocycles. The maximum atomic E-state index is 13.3. The van der Waals surface area contributed by atoms with Crippen LogP contribution in [0.4, 0.5) is 18.9 Å². The van der Waals surface area contributed by atoms with Crippen molar-refractivity contribution in [2.24, 2.45) is 0 Å². The molecule has 0 bridgehead atoms. The van der Waals surface area contributed by atoms with Gasteiger partial charge < -0.3 is 10.2 Å². The predicted octanol–water partition coefficient (Wildman–Crippen LogP) is 4.50. The van der Waals surface area contributed by atoms with Crippen molar-refractivity contribution in [3.05, 3.63) is 65.2 Å². The van der Waals surface area contributed by atoms with E-state index in [9.17, 15) is 31.2 Å². The van der Waals surface area contributed by atoms with E-state index in [2.05, 4.69) is 5.32 Å². The van der Waals surface area contributed by atoms with Crippen molar-refractivity contribution in [1.82, 2.24) is 10.2 Å². The zero-order valence-electron chi connectivity index (χ0n) is 21.5. The molecule has 1 unspecified atom stereocenters. The van der Waals surface area contributed by atoms with E-state index in [0.717, 1.165) is 39.9 Å². The summed E-state index contributed by atoms with van der Waals surface area (Å²) in [5.74, 6) is -0.636. The maximum absolute atomic E-state index is 13.3. The van der Waals surface area contributed by atoms with Gasteiger partial charge in [-0.25, -0.2) is 8.42 Å². The number of benzene rings is 2. The molecule has 2 rings (SSSR count). The number of nitrogens with one attached hydrogen (secondary N) is 1. The van der Waals surface area contributed by atoms with E-state index in [4.69, 9.17) is 0 Å². The largest absolute Gasteiger partial charge is 0.416 e. The summed E-state index contributed by atoms with van der Waals surface area (Å²) in [6, 6.07) is 10.9. The van der Waals surface area contributed by atoms with E-state index in [1.807, 2.05) is 31.2 Å². The summed E-state index contributed by atoms with van der Waals surface area (Å²) in [6.45, 7) is 5.93. The molecular formula is C26H34F3N3O4S. The molecule has 11 heteroatoms. The summed E-state index contributed by atoms with van der Waals surface area (Å²) in [5, 5.41) is 2.75. The average Bonchev–Trinajstić information content (AvgIpc) is 2.81. The summed E-state index contributed by atoms with van der Waals surface area (Å²) in [7, 11) is -3.92. The Balaban J connectivity index is 2.24. The molecule has 0 heterocycles. The Morgan fingerprint density at radius 3 is 2.24 bits per heavy atom. The quantitative estimate of drug-likeness (QED) is 0.429. The van der Waals surface area contributed by atoms with Crippen molar-refractivity contribution in [3.8, 4) is 0 Å². The second kappa shape index (κ2) is 12.9. The first kappa shape index (κ1) is 30.1. The lowest BCUT2D eigenvalue weighted by Crippen LogP contribution is -2.49. The number of sulfonamides is 1. The number of hydrogen-bond donors (Lipinski definition) is 1. The molecule has 0 fully saturated rings. The van der Waals surface area contributed by atoms with Crippen LogP contribution >= 0.6 is 0 Å². The highest BCUT2D eigenvalue weighted by molar-refractivity contribution is 7.92. The molecule has 7 nitrogen and oxygen atoms in total. The Morgan fingerprint density at radius 2 is 1.70 bits per heavy atom. The van der Waals surface area contributed by atoms with E-state index in [1.54, 1.807) is 13.8 Å². The second-order valence-corrected chi connectivity index (χ2v) is 10.7. The smallest absolute Gasteiger partial charge is 0.355 e. The maximum Gasteiger partial charge on any atom is 0.416 e. The van der Waals surface area contributed by atoms with Gasteiger partial charge in [-0.3, -0.25) is 13.9 Å². The SMILES string of the molecule is CCNC(=O)C(CC)N(Cc1ccc(C)cc1)C(=O)CCCN(c1cccc(C(F)(F)F)c1)S(C)(=O)=O. The van der Waals surface area contributed by atoms with Gasteiger partial charge >= 0.3 is 6.18 Å². The third-order valence-electron chi connectivity index (χ3n) is 5.82. The zero-order chi connectivity index (χ0) is 27.8. The van der Waals surface area contributed by atoms with Gasteiger partial charge in [0.05, 0.1) is 17.5 Å². The van der Waals surface area contributed by atoms with Crippen LogP contribution in [-0.4, -0.2) is 50.5 Å². The minimum absolute atomic E-state index is 0.0539. The van der Waals surface area contributed by atoms with E-state index in [1.165, 1.54) is 11.0 Å². The highest BCUT2D eigenvalue weighted by Gasteiger charge is 2.32. The number of alkyl halides is 3. The third kappa shape index (κ3) is 8.77. The van der Waals surface area contributed by atoms with Gasteiger partial charge in [0, 0.05) is 26.1 Å². The van der Waals surface area contributed by atoms with Crippen molar-refractivity contribution >= 4 is 27.5 Å². The highest BCUT2D eigenvalue weighted by Crippen LogP contribution is 2.32. The molecule has 0 radical (unpaired) electrons. The van der Waals surface area contributed by atoms with E-state index in [-0.39, 0.29) is 43.4 Å². The molecule has 1 atom stereocenters. The van der Waals surface area contributed by atoms with Crippen molar-refractivity contribution in [2.45, 2.75) is 58.8 Å². The fourth-order valence-electron chi connectivity index (χ4n) is 3.94. The molecule has 1 N–H and O–H groups in total. The van der Waals surface area contributed by atoms with Crippen LogP contribution in [-0.2, 0) is 32.3 Å². The van der Waals surface area contributed by atoms with Gasteiger partial charge in [0.2, 0.25) is 21.8 Å². The molecule has 0 aliphatic heterocycles. The van der Waals surface area contributed by atoms with Crippen LogP contribution in [0.2, 0.25) is 0 Å². The van der Waals surface area contributed by atoms with E-state index < -0.39 is 27.8 Å². The summed E-state index contributed by atoms with van der Waals surface area (Å²) < 4.78 is 65.1. The molecule has 2 amide bonds. The number of nitrogens with zero attached hydrogens (tertiary/aromatic N) is 2. The van der Waals surface area contributed by atoms with E-state index >= 15 is 0 Å². The molecule has 0 aliphatic rings. The Bertz CT molecular complexity index is 1170. The number of carbonyl (C=O) groups is 2. The summed E-state index contributed by atoms with van der Waals surface area (Å²) in [6.07, 6.45) is -3.38. The van der Waals surface area contributed by atoms with Crippen LogP contribution in [0.1, 0.15) is 49.8 Å². The van der Waals surface area contributed by atoms with Crippen LogP contribution in [0.5, 0.6) is 0 Å². The lowest BCUT2D eigenvalue weighted by molar-refractivity contribution is -0.141. The molecule has 37 heavy (non-hydrogen) atoms. The molecule has 204 valence electrons. The predicted molar refractivity (Wildman–Crippen MR) is 137 cm³/mol. The summed E-state index contributed by atoms with van der Waals surface area (Å²) in [4.78, 5) is 27.5. The van der Waals surface area contributed by atoms with Crippen LogP contribution < -0.4 is 9.62 Å². The Kier molecular flexibility index (Phi) is 10.5. The number of aryl methyl sites for hydroxylation is 1. The van der Waals surface area contributed by atoms with Gasteiger partial charge in [-0.2, -0.15) is 13.2 Å². The first-order valence-corrected chi connectivity index (χ1v) is 13.9. The highest BCUT2D eigenvalue weighted by atomic mass is 32.2. The van der Waals surface area contributed by atoms with Crippen LogP contribution in [0.15, 0.2) is 48.5 Å². The normalized spacial score (nSPS) is 12.6. The van der Waals surface area contributed by atoms with E-state index in [0.29, 0.717) is 13.0 Å². The average molecular weight is 542 g/mol. The number of carbonyl (C=O) groups excluding carboxylic acids is 2. The molecule has 0 saturated carbocycles. The molecule has 0 aliphatic carbocycles. The molecule has 0 aromatic heterocycles. The lowest BCUT2D eigenvalue weighted by atomic mass is 10.1. The molecule has 2 aromatic rings. The number of anilines is 1. The number of amides is 2. The van der Waals surface area contributed by atoms with Crippen LogP contribution in [0, 0.1) is 6.92 Å². The Labute approximate surface area is 216 Å². The Morgan fingerprint density at radius 1 is 1.05 bits per heavy atom. The fourth-order valence-corrected chi connectivity index (χ4v) is 4.90. The zero-order valence-corrected chi connectivity index (χ0v) is 22.3. The molecular weight excluding hydrogens is 507 g/mol. The van der Waals surface area contributed by atoms with Crippen molar-refractivity contribution in [2.75, 3.05) is 23.7 Å². The van der Waals surface area contributed by atoms with Gasteiger partial charge in [-0.1, -0.05) is 42.8 Å². The minimum Gasteiger partial charge on any atom is -0.355 e. The van der Waals surface area contributed by atoms with Gasteiger partial charge in [0.25, 0.3) is 0 Å². The standard InChI is InChI=1S/C26H34F3N3O4S/c1-5-23(25(34)30-6-2)31(18-20-14-12-19(3)13-15-20)24(33)11-8-16-32(37(4,35)36)22-10-7-9-21(17-22)26(27,28)29/h7,9-10,12-15,17,23H,5-6,8,11,16,18H2,1-4H3,(H,30,34). The summed E-state index contributed by atoms with van der Waals surface area (Å²) >= 11 is 0. The lowest BCUT2D eigenvalue weighted by Gasteiger charge is -2.31. The van der Waals surface area contributed by atoms with Gasteiger partial charge in [-0.15, -0.1) is 0 Å². The van der Waals surface area contributed by atoms with Crippen molar-refractivity contribution in [1.29, 1.82) is 0 Å². The second-order valence-electron chi connectivity index (χ2n) is 8.81. The first-order valence-electron chi connectivity index (χ1n) is 12.1. The number of likely N-dealkylation sites (N-methyl/N-ethyl adjacent to an activating group) is 1. The molecule has 0 spiro atoms. The monoisotopic (exact) mass is 541 g/mol. The van der Waals surface area contributed by atoms with Crippen molar-refractivity contribution in [3.63, 3.8) is 0 Å². The number of rotatable bonds is 12. The van der Waals surface area contributed by atoms with Crippen LogP contribution in [0.25, 0.3) is 0 Å². The van der Waals surface area contributed by atoms with Gasteiger partial charge in [-0.05, 0) is 50.5 Å². The van der Waals surface area contributed by atoms with Gasteiger partial charge in [0.15, 0.2) is 0 Å². The number of hydrogen-bond acceptors (Lipinski definition) is 4. The minimum atomic E-state index is -4.63. The number of halogens is 3. The molecule has 2 aromatic carbocycles. The third-order valence-corrected chi connectivity index (χ3v) is 7.02. The fraction of sp³-hybridized carbons (Fsp3) is 0.462. The summed E-state index contributed by atoms with van der Waals surface area (Å²) in [5.41, 5.74) is 0.790. The first-order chi connectivity index (χ1) is 17.3. The Hall–Kier alpha value is -3.08. The van der Waals surface area contributed by atoms with Crippen molar-refractivity contribution < 1.29 is 31.2 Å². The topological polar surface area (TPSA) is 86.8 Å². The van der Waals surface area contributed by atoms with Crippen LogP contribution in [0.3, 0.4) is 0 Å². The van der Waals surface area contributed by atoms with Gasteiger partial charge in [0.1, 0.15) is 6.04 Å².